The van der Waals surface area contributed by atoms with E-state index in [0.29, 0.717) is 11.1 Å². The first-order valence-corrected chi connectivity index (χ1v) is 4.82. The number of anilines is 1. The van der Waals surface area contributed by atoms with Gasteiger partial charge in [0.15, 0.2) is 0 Å². The maximum absolute atomic E-state index is 6.09. The molecule has 1 fully saturated rings. The van der Waals surface area contributed by atoms with Crippen molar-refractivity contribution >= 4 is 17.3 Å². The Morgan fingerprint density at radius 2 is 2.23 bits per heavy atom. The molecule has 2 nitrogen and oxygen atoms in total. The summed E-state index contributed by atoms with van der Waals surface area (Å²) in [6.07, 6.45) is 2.70. The lowest BCUT2D eigenvalue weighted by Gasteiger charge is -2.09. The third-order valence-electron chi connectivity index (χ3n) is 2.05. The zero-order valence-corrected chi connectivity index (χ0v) is 8.27. The van der Waals surface area contributed by atoms with Gasteiger partial charge in [-0.1, -0.05) is 17.7 Å². The van der Waals surface area contributed by atoms with E-state index in [1.54, 1.807) is 0 Å². The summed E-state index contributed by atoms with van der Waals surface area (Å²) >= 11 is 6.09. The largest absolute Gasteiger partial charge is 0.489 e. The van der Waals surface area contributed by atoms with Crippen LogP contribution in [0.3, 0.4) is 0 Å². The molecule has 0 aliphatic heterocycles. The molecule has 0 radical (unpaired) electrons. The minimum absolute atomic E-state index is 0.393. The Kier molecular flexibility index (Phi) is 2.32. The van der Waals surface area contributed by atoms with Crippen LogP contribution in [-0.2, 0) is 0 Å². The molecule has 0 saturated heterocycles. The predicted molar refractivity (Wildman–Crippen MR) is 54.6 cm³/mol. The Morgan fingerprint density at radius 1 is 1.46 bits per heavy atom. The van der Waals surface area contributed by atoms with E-state index in [1.807, 2.05) is 25.2 Å². The number of nitrogens with one attached hydrogen (secondary N) is 1. The molecule has 0 unspecified atom stereocenters. The molecule has 1 saturated carbocycles. The van der Waals surface area contributed by atoms with E-state index in [2.05, 4.69) is 5.32 Å². The molecule has 1 aliphatic carbocycles. The highest BCUT2D eigenvalue weighted by atomic mass is 35.5. The average Bonchev–Trinajstić information content (AvgIpc) is 2.92. The van der Waals surface area contributed by atoms with Gasteiger partial charge in [-0.2, -0.15) is 0 Å². The molecular formula is C10H12ClNO. The van der Waals surface area contributed by atoms with Crippen molar-refractivity contribution in [3.8, 4) is 5.75 Å². The Labute approximate surface area is 82.9 Å². The van der Waals surface area contributed by atoms with Crippen molar-refractivity contribution in [3.05, 3.63) is 23.2 Å². The van der Waals surface area contributed by atoms with Crippen LogP contribution in [0.25, 0.3) is 0 Å². The number of hydrogen-bond donors (Lipinski definition) is 1. The summed E-state index contributed by atoms with van der Waals surface area (Å²) in [5.74, 6) is 0.788. The normalized spacial score (nSPS) is 15.5. The topological polar surface area (TPSA) is 21.3 Å². The number of halogens is 1. The maximum atomic E-state index is 6.09. The molecule has 0 bridgehead atoms. The van der Waals surface area contributed by atoms with Crippen molar-refractivity contribution in [3.63, 3.8) is 0 Å². The SMILES string of the molecule is CNc1cccc(OC2CC2)c1Cl. The molecular weight excluding hydrogens is 186 g/mol. The van der Waals surface area contributed by atoms with Crippen LogP contribution in [0.2, 0.25) is 5.02 Å². The highest BCUT2D eigenvalue weighted by Crippen LogP contribution is 2.35. The van der Waals surface area contributed by atoms with Crippen LogP contribution in [0.5, 0.6) is 5.75 Å². The molecule has 1 aromatic carbocycles. The van der Waals surface area contributed by atoms with Crippen LogP contribution >= 0.6 is 11.6 Å². The maximum Gasteiger partial charge on any atom is 0.140 e. The van der Waals surface area contributed by atoms with E-state index in [4.69, 9.17) is 16.3 Å². The number of benzene rings is 1. The monoisotopic (exact) mass is 197 g/mol. The number of rotatable bonds is 3. The molecule has 2 rings (SSSR count). The van der Waals surface area contributed by atoms with Gasteiger partial charge in [-0.3, -0.25) is 0 Å². The summed E-state index contributed by atoms with van der Waals surface area (Å²) < 4.78 is 5.63. The first-order valence-electron chi connectivity index (χ1n) is 4.44. The summed E-state index contributed by atoms with van der Waals surface area (Å²) in [4.78, 5) is 0. The average molecular weight is 198 g/mol. The number of hydrogen-bond acceptors (Lipinski definition) is 2. The van der Waals surface area contributed by atoms with Gasteiger partial charge in [0.05, 0.1) is 11.8 Å². The van der Waals surface area contributed by atoms with Gasteiger partial charge < -0.3 is 10.1 Å². The molecule has 1 aliphatic rings. The second-order valence-corrected chi connectivity index (χ2v) is 3.56. The van der Waals surface area contributed by atoms with Crippen molar-refractivity contribution in [2.24, 2.45) is 0 Å². The smallest absolute Gasteiger partial charge is 0.140 e. The lowest BCUT2D eigenvalue weighted by Crippen LogP contribution is -1.98. The van der Waals surface area contributed by atoms with Crippen molar-refractivity contribution in [1.29, 1.82) is 0 Å². The van der Waals surface area contributed by atoms with Gasteiger partial charge in [0.25, 0.3) is 0 Å². The standard InChI is InChI=1S/C10H12ClNO/c1-12-8-3-2-4-9(10(8)11)13-7-5-6-7/h2-4,7,12H,5-6H2,1H3. The third-order valence-corrected chi connectivity index (χ3v) is 2.44. The van der Waals surface area contributed by atoms with Crippen molar-refractivity contribution < 1.29 is 4.74 Å². The molecule has 0 amide bonds. The summed E-state index contributed by atoms with van der Waals surface area (Å²) in [6, 6.07) is 5.78. The van der Waals surface area contributed by atoms with Crippen LogP contribution in [0.4, 0.5) is 5.69 Å². The second kappa shape index (κ2) is 3.46. The van der Waals surface area contributed by atoms with Crippen LogP contribution < -0.4 is 10.1 Å². The third kappa shape index (κ3) is 1.89. The van der Waals surface area contributed by atoms with Crippen LogP contribution in [0.1, 0.15) is 12.8 Å². The Balaban J connectivity index is 2.22. The second-order valence-electron chi connectivity index (χ2n) is 3.18. The summed E-state index contributed by atoms with van der Waals surface area (Å²) in [5, 5.41) is 3.70. The fraction of sp³-hybridized carbons (Fsp3) is 0.400. The minimum Gasteiger partial charge on any atom is -0.489 e. The molecule has 1 aromatic rings. The van der Waals surface area contributed by atoms with Gasteiger partial charge in [0.1, 0.15) is 10.8 Å². The van der Waals surface area contributed by atoms with Crippen LogP contribution in [0.15, 0.2) is 18.2 Å². The van der Waals surface area contributed by atoms with Gasteiger partial charge >= 0.3 is 0 Å². The minimum atomic E-state index is 0.393. The van der Waals surface area contributed by atoms with E-state index < -0.39 is 0 Å². The molecule has 0 aromatic heterocycles. The van der Waals surface area contributed by atoms with Crippen molar-refractivity contribution in [2.75, 3.05) is 12.4 Å². The Bertz CT molecular complexity index is 310. The zero-order chi connectivity index (χ0) is 9.26. The van der Waals surface area contributed by atoms with Crippen molar-refractivity contribution in [1.82, 2.24) is 0 Å². The molecule has 0 atom stereocenters. The van der Waals surface area contributed by atoms with E-state index >= 15 is 0 Å². The molecule has 0 spiro atoms. The van der Waals surface area contributed by atoms with Gasteiger partial charge in [-0.15, -0.1) is 0 Å². The molecule has 13 heavy (non-hydrogen) atoms. The Hall–Kier alpha value is -0.890. The van der Waals surface area contributed by atoms with Crippen LogP contribution in [-0.4, -0.2) is 13.2 Å². The number of ether oxygens (including phenoxy) is 1. The summed E-state index contributed by atoms with van der Waals surface area (Å²) in [6.45, 7) is 0. The summed E-state index contributed by atoms with van der Waals surface area (Å²) in [7, 11) is 1.85. The fourth-order valence-corrected chi connectivity index (χ4v) is 1.43. The highest BCUT2D eigenvalue weighted by molar-refractivity contribution is 6.34. The molecule has 70 valence electrons. The van der Waals surface area contributed by atoms with E-state index in [0.717, 1.165) is 24.3 Å². The summed E-state index contributed by atoms with van der Waals surface area (Å²) in [5.41, 5.74) is 0.916. The quantitative estimate of drug-likeness (QED) is 0.805. The predicted octanol–water partition coefficient (Wildman–Crippen LogP) is 2.92. The first kappa shape index (κ1) is 8.70. The molecule has 0 heterocycles. The van der Waals surface area contributed by atoms with E-state index in [-0.39, 0.29) is 0 Å². The Morgan fingerprint density at radius 3 is 2.85 bits per heavy atom. The van der Waals surface area contributed by atoms with E-state index in [1.165, 1.54) is 0 Å². The molecule has 1 N–H and O–H groups in total. The van der Waals surface area contributed by atoms with Crippen LogP contribution in [0, 0.1) is 0 Å². The highest BCUT2D eigenvalue weighted by Gasteiger charge is 2.24. The van der Waals surface area contributed by atoms with Gasteiger partial charge in [-0.25, -0.2) is 0 Å². The molecule has 3 heteroatoms. The van der Waals surface area contributed by atoms with Gasteiger partial charge in [-0.05, 0) is 25.0 Å². The fourth-order valence-electron chi connectivity index (χ4n) is 1.16. The van der Waals surface area contributed by atoms with Gasteiger partial charge in [0, 0.05) is 7.05 Å². The first-order chi connectivity index (χ1) is 6.31. The lowest BCUT2D eigenvalue weighted by molar-refractivity contribution is 0.303. The zero-order valence-electron chi connectivity index (χ0n) is 7.51. The van der Waals surface area contributed by atoms with Gasteiger partial charge in [0.2, 0.25) is 0 Å². The van der Waals surface area contributed by atoms with E-state index in [9.17, 15) is 0 Å². The lowest BCUT2D eigenvalue weighted by atomic mass is 10.3. The van der Waals surface area contributed by atoms with Crippen molar-refractivity contribution in [2.45, 2.75) is 18.9 Å².